The minimum absolute atomic E-state index is 0.0577. The molecule has 1 unspecified atom stereocenters. The highest BCUT2D eigenvalue weighted by Gasteiger charge is 2.30. The van der Waals surface area contributed by atoms with Crippen LogP contribution >= 0.6 is 15.9 Å². The average Bonchev–Trinajstić information content (AvgIpc) is 2.38. The van der Waals surface area contributed by atoms with Crippen LogP contribution in [0.5, 0.6) is 0 Å². The molecule has 2 heteroatoms. The van der Waals surface area contributed by atoms with Crippen LogP contribution < -0.4 is 0 Å². The van der Waals surface area contributed by atoms with Gasteiger partial charge in [0, 0.05) is 6.61 Å². The Kier molecular flexibility index (Phi) is 3.86. The third kappa shape index (κ3) is 3.12. The molecule has 66 valence electrons. The standard InChI is InChI=1S/C9H17BrO/c1-2-3-4-6-9(10)7-5-8-11-9/h2-8H2,1H3. The largest absolute Gasteiger partial charge is 0.364 e. The van der Waals surface area contributed by atoms with E-state index < -0.39 is 0 Å². The summed E-state index contributed by atoms with van der Waals surface area (Å²) in [5, 5.41) is 0. The SMILES string of the molecule is CCCCCC1(Br)CCCO1. The molecule has 0 radical (unpaired) electrons. The number of hydrogen-bond donors (Lipinski definition) is 0. The molecule has 0 aromatic carbocycles. The van der Waals surface area contributed by atoms with Crippen molar-refractivity contribution < 1.29 is 4.74 Å². The monoisotopic (exact) mass is 220 g/mol. The minimum atomic E-state index is 0.0577. The first-order chi connectivity index (χ1) is 5.27. The van der Waals surface area contributed by atoms with Gasteiger partial charge in [0.15, 0.2) is 0 Å². The predicted molar refractivity (Wildman–Crippen MR) is 51.0 cm³/mol. The summed E-state index contributed by atoms with van der Waals surface area (Å²) in [4.78, 5) is 0. The van der Waals surface area contributed by atoms with E-state index in [9.17, 15) is 0 Å². The summed E-state index contributed by atoms with van der Waals surface area (Å²) in [5.74, 6) is 0. The van der Waals surface area contributed by atoms with E-state index in [1.54, 1.807) is 0 Å². The fraction of sp³-hybridized carbons (Fsp3) is 1.00. The quantitative estimate of drug-likeness (QED) is 0.521. The first kappa shape index (κ1) is 9.53. The first-order valence-electron chi connectivity index (χ1n) is 4.60. The Morgan fingerprint density at radius 1 is 1.45 bits per heavy atom. The summed E-state index contributed by atoms with van der Waals surface area (Å²) in [6.07, 6.45) is 7.51. The Hall–Kier alpha value is 0.440. The molecule has 0 aliphatic carbocycles. The molecule has 1 fully saturated rings. The number of rotatable bonds is 4. The Labute approximate surface area is 77.6 Å². The van der Waals surface area contributed by atoms with Gasteiger partial charge in [-0.15, -0.1) is 0 Å². The molecule has 1 nitrogen and oxygen atoms in total. The van der Waals surface area contributed by atoms with E-state index >= 15 is 0 Å². The maximum atomic E-state index is 5.60. The summed E-state index contributed by atoms with van der Waals surface area (Å²) in [6, 6.07) is 0. The molecule has 11 heavy (non-hydrogen) atoms. The van der Waals surface area contributed by atoms with Crippen molar-refractivity contribution >= 4 is 15.9 Å². The van der Waals surface area contributed by atoms with Crippen molar-refractivity contribution in [2.45, 2.75) is 50.0 Å². The van der Waals surface area contributed by atoms with Crippen LogP contribution in [0.3, 0.4) is 0 Å². The van der Waals surface area contributed by atoms with Gasteiger partial charge >= 0.3 is 0 Å². The van der Waals surface area contributed by atoms with Crippen LogP contribution in [0.15, 0.2) is 0 Å². The summed E-state index contributed by atoms with van der Waals surface area (Å²) in [6.45, 7) is 3.17. The van der Waals surface area contributed by atoms with Crippen LogP contribution in [0.4, 0.5) is 0 Å². The van der Waals surface area contributed by atoms with Gasteiger partial charge in [-0.2, -0.15) is 0 Å². The molecule has 0 spiro atoms. The zero-order valence-electron chi connectivity index (χ0n) is 7.24. The molecule has 0 bridgehead atoms. The normalized spacial score (nSPS) is 31.1. The molecule has 1 aliphatic heterocycles. The van der Waals surface area contributed by atoms with Crippen LogP contribution in [0.25, 0.3) is 0 Å². The maximum absolute atomic E-state index is 5.60. The second-order valence-electron chi connectivity index (χ2n) is 3.29. The molecule has 0 N–H and O–H groups in total. The highest BCUT2D eigenvalue weighted by molar-refractivity contribution is 9.10. The summed E-state index contributed by atoms with van der Waals surface area (Å²) < 4.78 is 5.66. The summed E-state index contributed by atoms with van der Waals surface area (Å²) in [7, 11) is 0. The van der Waals surface area contributed by atoms with Gasteiger partial charge in [-0.25, -0.2) is 0 Å². The fourth-order valence-corrected chi connectivity index (χ4v) is 2.22. The topological polar surface area (TPSA) is 9.23 Å². The van der Waals surface area contributed by atoms with Crippen molar-refractivity contribution in [3.8, 4) is 0 Å². The van der Waals surface area contributed by atoms with E-state index in [-0.39, 0.29) is 4.51 Å². The number of unbranched alkanes of at least 4 members (excludes halogenated alkanes) is 2. The van der Waals surface area contributed by atoms with E-state index in [0.717, 1.165) is 6.61 Å². The molecule has 0 aromatic rings. The average molecular weight is 221 g/mol. The van der Waals surface area contributed by atoms with E-state index in [2.05, 4.69) is 22.9 Å². The molecule has 0 aromatic heterocycles. The highest BCUT2D eigenvalue weighted by Crippen LogP contribution is 2.36. The minimum Gasteiger partial charge on any atom is -0.364 e. The van der Waals surface area contributed by atoms with Crippen molar-refractivity contribution in [1.82, 2.24) is 0 Å². The molecule has 1 saturated heterocycles. The molecular weight excluding hydrogens is 204 g/mol. The van der Waals surface area contributed by atoms with Gasteiger partial charge in [0.25, 0.3) is 0 Å². The number of ether oxygens (including phenoxy) is 1. The lowest BCUT2D eigenvalue weighted by atomic mass is 10.1. The van der Waals surface area contributed by atoms with Crippen molar-refractivity contribution in [1.29, 1.82) is 0 Å². The van der Waals surface area contributed by atoms with Crippen LogP contribution in [0, 0.1) is 0 Å². The van der Waals surface area contributed by atoms with Crippen molar-refractivity contribution in [3.63, 3.8) is 0 Å². The highest BCUT2D eigenvalue weighted by atomic mass is 79.9. The van der Waals surface area contributed by atoms with E-state index in [0.29, 0.717) is 0 Å². The van der Waals surface area contributed by atoms with Gasteiger partial charge in [0.2, 0.25) is 0 Å². The van der Waals surface area contributed by atoms with Gasteiger partial charge < -0.3 is 4.74 Å². The molecule has 1 rings (SSSR count). The zero-order chi connectivity index (χ0) is 8.16. The molecule has 1 atom stereocenters. The smallest absolute Gasteiger partial charge is 0.122 e. The van der Waals surface area contributed by atoms with Crippen molar-refractivity contribution in [2.24, 2.45) is 0 Å². The summed E-state index contributed by atoms with van der Waals surface area (Å²) >= 11 is 3.65. The van der Waals surface area contributed by atoms with Crippen molar-refractivity contribution in [2.75, 3.05) is 6.61 Å². The Balaban J connectivity index is 2.13. The first-order valence-corrected chi connectivity index (χ1v) is 5.39. The maximum Gasteiger partial charge on any atom is 0.122 e. The second-order valence-corrected chi connectivity index (χ2v) is 4.74. The van der Waals surface area contributed by atoms with Gasteiger partial charge in [-0.3, -0.25) is 0 Å². The molecular formula is C9H17BrO. The van der Waals surface area contributed by atoms with Crippen LogP contribution in [-0.2, 0) is 4.74 Å². The molecule has 1 aliphatic rings. The van der Waals surface area contributed by atoms with Crippen LogP contribution in [-0.4, -0.2) is 11.1 Å². The Bertz CT molecular complexity index is 108. The fourth-order valence-electron chi connectivity index (χ4n) is 1.50. The third-order valence-corrected chi connectivity index (χ3v) is 3.23. The molecule has 1 heterocycles. The summed E-state index contributed by atoms with van der Waals surface area (Å²) in [5.41, 5.74) is 0. The van der Waals surface area contributed by atoms with Crippen LogP contribution in [0.1, 0.15) is 45.4 Å². The zero-order valence-corrected chi connectivity index (χ0v) is 8.82. The van der Waals surface area contributed by atoms with Gasteiger partial charge in [0.1, 0.15) is 4.51 Å². The van der Waals surface area contributed by atoms with E-state index in [4.69, 9.17) is 4.74 Å². The lowest BCUT2D eigenvalue weighted by Gasteiger charge is -2.20. The van der Waals surface area contributed by atoms with Crippen LogP contribution in [0.2, 0.25) is 0 Å². The Morgan fingerprint density at radius 3 is 2.82 bits per heavy atom. The van der Waals surface area contributed by atoms with Crippen molar-refractivity contribution in [3.05, 3.63) is 0 Å². The number of hydrogen-bond acceptors (Lipinski definition) is 1. The number of halogens is 1. The lowest BCUT2D eigenvalue weighted by Crippen LogP contribution is -2.17. The van der Waals surface area contributed by atoms with Gasteiger partial charge in [-0.1, -0.05) is 35.7 Å². The van der Waals surface area contributed by atoms with Gasteiger partial charge in [0.05, 0.1) is 0 Å². The second kappa shape index (κ2) is 4.46. The predicted octanol–water partition coefficient (Wildman–Crippen LogP) is 3.47. The molecule has 0 amide bonds. The van der Waals surface area contributed by atoms with E-state index in [1.807, 2.05) is 0 Å². The lowest BCUT2D eigenvalue weighted by molar-refractivity contribution is 0.0788. The Morgan fingerprint density at radius 2 is 2.27 bits per heavy atom. The third-order valence-electron chi connectivity index (χ3n) is 2.21. The number of alkyl halides is 1. The van der Waals surface area contributed by atoms with Gasteiger partial charge in [-0.05, 0) is 25.7 Å². The molecule has 0 saturated carbocycles. The van der Waals surface area contributed by atoms with E-state index in [1.165, 1.54) is 38.5 Å².